The van der Waals surface area contributed by atoms with Crippen molar-refractivity contribution in [3.8, 4) is 0 Å². The summed E-state index contributed by atoms with van der Waals surface area (Å²) in [7, 11) is 0. The zero-order valence-corrected chi connectivity index (χ0v) is 11.5. The Hall–Kier alpha value is -2.40. The molecule has 1 heterocycles. The second-order valence-corrected chi connectivity index (χ2v) is 5.08. The predicted octanol–water partition coefficient (Wildman–Crippen LogP) is 2.10. The fourth-order valence-corrected chi connectivity index (χ4v) is 2.32. The molecular formula is C15H14N2O2S. The van der Waals surface area contributed by atoms with Gasteiger partial charge < -0.3 is 11.1 Å². The molecule has 0 saturated carbocycles. The van der Waals surface area contributed by atoms with Crippen LogP contribution in [0.25, 0.3) is 6.08 Å². The molecule has 0 spiro atoms. The highest BCUT2D eigenvalue weighted by Crippen LogP contribution is 2.13. The normalized spacial score (nSPS) is 12.2. The third-order valence-corrected chi connectivity index (χ3v) is 3.48. The van der Waals surface area contributed by atoms with Crippen LogP contribution in [0.1, 0.15) is 16.5 Å². The maximum atomic E-state index is 11.8. The number of nitrogens with one attached hydrogen (secondary N) is 1. The second kappa shape index (κ2) is 6.68. The molecule has 20 heavy (non-hydrogen) atoms. The van der Waals surface area contributed by atoms with Crippen LogP contribution in [0.5, 0.6) is 0 Å². The highest BCUT2D eigenvalue weighted by atomic mass is 32.1. The van der Waals surface area contributed by atoms with Crippen LogP contribution in [-0.2, 0) is 9.59 Å². The average molecular weight is 286 g/mol. The molecule has 1 aromatic carbocycles. The summed E-state index contributed by atoms with van der Waals surface area (Å²) >= 11 is 1.53. The van der Waals surface area contributed by atoms with Gasteiger partial charge in [-0.05, 0) is 23.1 Å². The number of amides is 2. The Kier molecular flexibility index (Phi) is 4.68. The van der Waals surface area contributed by atoms with Crippen LogP contribution in [0.3, 0.4) is 0 Å². The van der Waals surface area contributed by atoms with Gasteiger partial charge >= 0.3 is 0 Å². The van der Waals surface area contributed by atoms with Gasteiger partial charge in [0.2, 0.25) is 11.8 Å². The van der Waals surface area contributed by atoms with Gasteiger partial charge in [-0.2, -0.15) is 0 Å². The van der Waals surface area contributed by atoms with Gasteiger partial charge in [0.05, 0.1) is 0 Å². The smallest absolute Gasteiger partial charge is 0.244 e. The number of primary amides is 1. The maximum Gasteiger partial charge on any atom is 0.244 e. The van der Waals surface area contributed by atoms with E-state index in [0.29, 0.717) is 5.56 Å². The predicted molar refractivity (Wildman–Crippen MR) is 79.9 cm³/mol. The van der Waals surface area contributed by atoms with Crippen LogP contribution < -0.4 is 11.1 Å². The highest BCUT2D eigenvalue weighted by Gasteiger charge is 2.18. The first-order valence-electron chi connectivity index (χ1n) is 6.03. The molecule has 0 aliphatic rings. The Morgan fingerprint density at radius 2 is 1.90 bits per heavy atom. The summed E-state index contributed by atoms with van der Waals surface area (Å²) in [5.41, 5.74) is 6.00. The molecule has 0 saturated heterocycles. The zero-order chi connectivity index (χ0) is 14.4. The number of carbonyl (C=O) groups excluding carboxylic acids is 2. The van der Waals surface area contributed by atoms with Crippen molar-refractivity contribution >= 4 is 29.2 Å². The van der Waals surface area contributed by atoms with Gasteiger partial charge in [0.25, 0.3) is 0 Å². The van der Waals surface area contributed by atoms with Gasteiger partial charge in [0.1, 0.15) is 6.04 Å². The van der Waals surface area contributed by atoms with Gasteiger partial charge in [-0.15, -0.1) is 11.3 Å². The molecule has 102 valence electrons. The fraction of sp³-hybridized carbons (Fsp3) is 0.0667. The molecule has 0 radical (unpaired) electrons. The van der Waals surface area contributed by atoms with Gasteiger partial charge in [0, 0.05) is 11.0 Å². The van der Waals surface area contributed by atoms with Gasteiger partial charge in [-0.3, -0.25) is 9.59 Å². The minimum Gasteiger partial charge on any atom is -0.368 e. The maximum absolute atomic E-state index is 11.8. The van der Waals surface area contributed by atoms with E-state index in [9.17, 15) is 9.59 Å². The van der Waals surface area contributed by atoms with Crippen molar-refractivity contribution in [3.63, 3.8) is 0 Å². The van der Waals surface area contributed by atoms with Crippen molar-refractivity contribution in [2.45, 2.75) is 6.04 Å². The first-order valence-corrected chi connectivity index (χ1v) is 6.91. The molecule has 0 bridgehead atoms. The van der Waals surface area contributed by atoms with E-state index in [1.165, 1.54) is 17.4 Å². The van der Waals surface area contributed by atoms with Crippen molar-refractivity contribution in [3.05, 3.63) is 64.4 Å². The van der Waals surface area contributed by atoms with Crippen LogP contribution in [0.2, 0.25) is 0 Å². The summed E-state index contributed by atoms with van der Waals surface area (Å²) in [6.45, 7) is 0. The molecule has 0 fully saturated rings. The quantitative estimate of drug-likeness (QED) is 0.826. The lowest BCUT2D eigenvalue weighted by Gasteiger charge is -2.14. The van der Waals surface area contributed by atoms with Crippen molar-refractivity contribution in [2.75, 3.05) is 0 Å². The summed E-state index contributed by atoms with van der Waals surface area (Å²) in [5.74, 6) is -0.944. The summed E-state index contributed by atoms with van der Waals surface area (Å²) in [6, 6.07) is 11.9. The van der Waals surface area contributed by atoms with Gasteiger partial charge in [-0.25, -0.2) is 0 Å². The van der Waals surface area contributed by atoms with Crippen molar-refractivity contribution in [1.29, 1.82) is 0 Å². The van der Waals surface area contributed by atoms with E-state index in [-0.39, 0.29) is 5.91 Å². The Morgan fingerprint density at radius 3 is 2.50 bits per heavy atom. The molecule has 1 atom stereocenters. The third kappa shape index (κ3) is 3.80. The van der Waals surface area contributed by atoms with E-state index in [1.807, 2.05) is 23.6 Å². The van der Waals surface area contributed by atoms with Gasteiger partial charge in [-0.1, -0.05) is 36.4 Å². The Balaban J connectivity index is 2.05. The minimum atomic E-state index is -0.823. The SMILES string of the molecule is NC(=O)C(NC(=O)/C=C/c1cccs1)c1ccccc1. The molecule has 3 N–H and O–H groups in total. The number of thiophene rings is 1. The number of nitrogens with two attached hydrogens (primary N) is 1. The van der Waals surface area contributed by atoms with E-state index in [2.05, 4.69) is 5.32 Å². The van der Waals surface area contributed by atoms with E-state index in [1.54, 1.807) is 30.3 Å². The number of benzene rings is 1. The summed E-state index contributed by atoms with van der Waals surface area (Å²) in [4.78, 5) is 24.2. The molecular weight excluding hydrogens is 272 g/mol. The molecule has 4 nitrogen and oxygen atoms in total. The third-order valence-electron chi connectivity index (χ3n) is 2.65. The molecule has 1 unspecified atom stereocenters. The molecule has 2 rings (SSSR count). The van der Waals surface area contributed by atoms with Crippen molar-refractivity contribution in [2.24, 2.45) is 5.73 Å². The molecule has 2 amide bonds. The number of rotatable bonds is 5. The second-order valence-electron chi connectivity index (χ2n) is 4.10. The van der Waals surface area contributed by atoms with E-state index >= 15 is 0 Å². The summed E-state index contributed by atoms with van der Waals surface area (Å²) in [5, 5.41) is 4.52. The number of hydrogen-bond acceptors (Lipinski definition) is 3. The van der Waals surface area contributed by atoms with Crippen molar-refractivity contribution < 1.29 is 9.59 Å². The molecule has 0 aliphatic heterocycles. The number of carbonyl (C=O) groups is 2. The lowest BCUT2D eigenvalue weighted by Crippen LogP contribution is -2.36. The minimum absolute atomic E-state index is 0.356. The lowest BCUT2D eigenvalue weighted by atomic mass is 10.1. The van der Waals surface area contributed by atoms with Gasteiger partial charge in [0.15, 0.2) is 0 Å². The topological polar surface area (TPSA) is 72.2 Å². The van der Waals surface area contributed by atoms with E-state index in [4.69, 9.17) is 5.73 Å². The molecule has 0 aliphatic carbocycles. The zero-order valence-electron chi connectivity index (χ0n) is 10.7. The van der Waals surface area contributed by atoms with Crippen LogP contribution >= 0.6 is 11.3 Å². The monoisotopic (exact) mass is 286 g/mol. The van der Waals surface area contributed by atoms with E-state index in [0.717, 1.165) is 4.88 Å². The lowest BCUT2D eigenvalue weighted by molar-refractivity contribution is -0.125. The summed E-state index contributed by atoms with van der Waals surface area (Å²) in [6.07, 6.45) is 3.09. The Morgan fingerprint density at radius 1 is 1.15 bits per heavy atom. The number of hydrogen-bond donors (Lipinski definition) is 2. The van der Waals surface area contributed by atoms with Crippen LogP contribution in [0, 0.1) is 0 Å². The van der Waals surface area contributed by atoms with Crippen LogP contribution in [-0.4, -0.2) is 11.8 Å². The molecule has 5 heteroatoms. The molecule has 1 aromatic heterocycles. The standard InChI is InChI=1S/C15H14N2O2S/c16-15(19)14(11-5-2-1-3-6-11)17-13(18)9-8-12-7-4-10-20-12/h1-10,14H,(H2,16,19)(H,17,18)/b9-8+. The van der Waals surface area contributed by atoms with E-state index < -0.39 is 11.9 Å². The molecule has 2 aromatic rings. The van der Waals surface area contributed by atoms with Crippen molar-refractivity contribution in [1.82, 2.24) is 5.32 Å². The highest BCUT2D eigenvalue weighted by molar-refractivity contribution is 7.10. The average Bonchev–Trinajstić information content (AvgIpc) is 2.96. The van der Waals surface area contributed by atoms with Crippen LogP contribution in [0.4, 0.5) is 0 Å². The summed E-state index contributed by atoms with van der Waals surface area (Å²) < 4.78 is 0. The first kappa shape index (κ1) is 14.0. The first-order chi connectivity index (χ1) is 9.66. The largest absolute Gasteiger partial charge is 0.368 e. The van der Waals surface area contributed by atoms with Crippen LogP contribution in [0.15, 0.2) is 53.9 Å². The Bertz CT molecular complexity index is 606. The Labute approximate surface area is 120 Å². The fourth-order valence-electron chi connectivity index (χ4n) is 1.70.